The maximum absolute atomic E-state index is 11.4. The number of esters is 1. The first-order chi connectivity index (χ1) is 11.4. The molecule has 0 atom stereocenters. The second kappa shape index (κ2) is 6.40. The van der Waals surface area contributed by atoms with Gasteiger partial charge in [0.1, 0.15) is 0 Å². The van der Waals surface area contributed by atoms with Crippen molar-refractivity contribution in [2.24, 2.45) is 0 Å². The van der Waals surface area contributed by atoms with Crippen molar-refractivity contribution >= 4 is 28.5 Å². The molecule has 0 fully saturated rings. The summed E-state index contributed by atoms with van der Waals surface area (Å²) in [5, 5.41) is 4.42. The molecule has 0 bridgehead atoms. The van der Waals surface area contributed by atoms with Gasteiger partial charge >= 0.3 is 5.97 Å². The molecule has 4 nitrogen and oxygen atoms in total. The average molecular weight is 342 g/mol. The Labute approximate surface area is 146 Å². The van der Waals surface area contributed by atoms with E-state index < -0.39 is 0 Å². The van der Waals surface area contributed by atoms with Crippen molar-refractivity contribution in [2.45, 2.75) is 39.7 Å². The van der Waals surface area contributed by atoms with Crippen LogP contribution in [0.15, 0.2) is 24.3 Å². The Morgan fingerprint density at radius 2 is 2.21 bits per heavy atom. The molecule has 5 heteroatoms. The summed E-state index contributed by atoms with van der Waals surface area (Å²) >= 11 is 1.72. The Balaban J connectivity index is 1.80. The molecule has 24 heavy (non-hydrogen) atoms. The molecule has 0 aliphatic heterocycles. The number of carbonyl (C=O) groups excluding carboxylic acids is 1. The zero-order valence-corrected chi connectivity index (χ0v) is 15.3. The van der Waals surface area contributed by atoms with E-state index in [1.165, 1.54) is 22.1 Å². The first-order valence-electron chi connectivity index (χ1n) is 8.12. The Morgan fingerprint density at radius 1 is 1.42 bits per heavy atom. The van der Waals surface area contributed by atoms with Crippen molar-refractivity contribution in [3.8, 4) is 11.3 Å². The van der Waals surface area contributed by atoms with E-state index in [9.17, 15) is 4.79 Å². The summed E-state index contributed by atoms with van der Waals surface area (Å²) in [7, 11) is 0. The standard InChI is InChI=1S/C19H22N2O2S/c1-5-23-16(22)9-7-12-6-8-14-13(10-12)11-15-17(14)20-18(24-15)21-19(2,3)4/h6-10H,5,11H2,1-4H3,(H,20,21)/b9-7+. The molecular formula is C19H22N2O2S. The van der Waals surface area contributed by atoms with Gasteiger partial charge in [0, 0.05) is 28.5 Å². The second-order valence-electron chi connectivity index (χ2n) is 6.84. The molecule has 0 unspecified atom stereocenters. The van der Waals surface area contributed by atoms with Crippen LogP contribution in [0.5, 0.6) is 0 Å². The van der Waals surface area contributed by atoms with E-state index in [0.717, 1.165) is 22.8 Å². The highest BCUT2D eigenvalue weighted by molar-refractivity contribution is 7.16. The Hall–Kier alpha value is -2.14. The number of fused-ring (bicyclic) bond motifs is 3. The minimum Gasteiger partial charge on any atom is -0.463 e. The van der Waals surface area contributed by atoms with Crippen molar-refractivity contribution in [2.75, 3.05) is 11.9 Å². The van der Waals surface area contributed by atoms with Crippen LogP contribution in [0.4, 0.5) is 5.13 Å². The number of ether oxygens (including phenoxy) is 1. The predicted molar refractivity (Wildman–Crippen MR) is 99.4 cm³/mol. The lowest BCUT2D eigenvalue weighted by molar-refractivity contribution is -0.137. The fourth-order valence-electron chi connectivity index (χ4n) is 2.68. The number of aromatic nitrogens is 1. The van der Waals surface area contributed by atoms with Crippen molar-refractivity contribution in [1.29, 1.82) is 0 Å². The fraction of sp³-hybridized carbons (Fsp3) is 0.368. The van der Waals surface area contributed by atoms with Crippen LogP contribution in [0.2, 0.25) is 0 Å². The maximum Gasteiger partial charge on any atom is 0.330 e. The number of nitrogens with zero attached hydrogens (tertiary/aromatic N) is 1. The molecule has 0 saturated heterocycles. The lowest BCUT2D eigenvalue weighted by Gasteiger charge is -2.19. The van der Waals surface area contributed by atoms with E-state index in [1.807, 2.05) is 6.07 Å². The maximum atomic E-state index is 11.4. The number of thiazole rings is 1. The van der Waals surface area contributed by atoms with Crippen LogP contribution in [-0.4, -0.2) is 23.1 Å². The summed E-state index contributed by atoms with van der Waals surface area (Å²) in [4.78, 5) is 17.5. The third kappa shape index (κ3) is 3.67. The van der Waals surface area contributed by atoms with Crippen LogP contribution >= 0.6 is 11.3 Å². The first-order valence-corrected chi connectivity index (χ1v) is 8.93. The number of rotatable bonds is 4. The largest absolute Gasteiger partial charge is 0.463 e. The highest BCUT2D eigenvalue weighted by atomic mass is 32.1. The first kappa shape index (κ1) is 16.7. The predicted octanol–water partition coefficient (Wildman–Crippen LogP) is 4.50. The smallest absolute Gasteiger partial charge is 0.330 e. The van der Waals surface area contributed by atoms with Gasteiger partial charge in [0.2, 0.25) is 0 Å². The number of hydrogen-bond donors (Lipinski definition) is 1. The summed E-state index contributed by atoms with van der Waals surface area (Å²) in [6.45, 7) is 8.60. The molecule has 126 valence electrons. The van der Waals surface area contributed by atoms with Gasteiger partial charge in [-0.15, -0.1) is 11.3 Å². The van der Waals surface area contributed by atoms with Gasteiger partial charge in [0.25, 0.3) is 0 Å². The van der Waals surface area contributed by atoms with E-state index in [-0.39, 0.29) is 11.5 Å². The van der Waals surface area contributed by atoms with Crippen LogP contribution in [-0.2, 0) is 16.0 Å². The second-order valence-corrected chi connectivity index (χ2v) is 7.93. The Morgan fingerprint density at radius 3 is 2.92 bits per heavy atom. The van der Waals surface area contributed by atoms with E-state index in [4.69, 9.17) is 9.72 Å². The summed E-state index contributed by atoms with van der Waals surface area (Å²) in [5.74, 6) is -0.309. The lowest BCUT2D eigenvalue weighted by atomic mass is 10.1. The number of benzene rings is 1. The van der Waals surface area contributed by atoms with E-state index in [0.29, 0.717) is 6.61 Å². The van der Waals surface area contributed by atoms with Gasteiger partial charge in [-0.2, -0.15) is 0 Å². The van der Waals surface area contributed by atoms with Gasteiger partial charge in [0.15, 0.2) is 5.13 Å². The van der Waals surface area contributed by atoms with Crippen LogP contribution in [0, 0.1) is 0 Å². The average Bonchev–Trinajstić information content (AvgIpc) is 2.99. The van der Waals surface area contributed by atoms with Crippen molar-refractivity contribution < 1.29 is 9.53 Å². The molecule has 1 aromatic carbocycles. The molecule has 2 aromatic rings. The number of carbonyl (C=O) groups is 1. The molecule has 0 saturated carbocycles. The minimum atomic E-state index is -0.309. The third-order valence-electron chi connectivity index (χ3n) is 3.61. The van der Waals surface area contributed by atoms with Gasteiger partial charge in [-0.05, 0) is 44.9 Å². The fourth-order valence-corrected chi connectivity index (χ4v) is 3.89. The molecule has 0 radical (unpaired) electrons. The van der Waals surface area contributed by atoms with Crippen LogP contribution in [0.3, 0.4) is 0 Å². The summed E-state index contributed by atoms with van der Waals surface area (Å²) in [5.41, 5.74) is 4.55. The van der Waals surface area contributed by atoms with Gasteiger partial charge in [-0.25, -0.2) is 9.78 Å². The van der Waals surface area contributed by atoms with E-state index >= 15 is 0 Å². The minimum absolute atomic E-state index is 0.0101. The lowest BCUT2D eigenvalue weighted by Crippen LogP contribution is -2.25. The zero-order chi connectivity index (χ0) is 17.3. The van der Waals surface area contributed by atoms with Crippen LogP contribution in [0.25, 0.3) is 17.3 Å². The summed E-state index contributed by atoms with van der Waals surface area (Å²) in [6.07, 6.45) is 4.17. The number of nitrogens with one attached hydrogen (secondary N) is 1. The topological polar surface area (TPSA) is 51.2 Å². The molecule has 1 aromatic heterocycles. The number of anilines is 1. The molecule has 0 spiro atoms. The zero-order valence-electron chi connectivity index (χ0n) is 14.5. The highest BCUT2D eigenvalue weighted by Crippen LogP contribution is 2.41. The van der Waals surface area contributed by atoms with Crippen LogP contribution < -0.4 is 5.32 Å². The monoisotopic (exact) mass is 342 g/mol. The van der Waals surface area contributed by atoms with Gasteiger partial charge < -0.3 is 10.1 Å². The van der Waals surface area contributed by atoms with Gasteiger partial charge in [0.05, 0.1) is 12.3 Å². The summed E-state index contributed by atoms with van der Waals surface area (Å²) in [6, 6.07) is 6.22. The quantitative estimate of drug-likeness (QED) is 0.560. The van der Waals surface area contributed by atoms with Crippen molar-refractivity contribution in [1.82, 2.24) is 4.98 Å². The van der Waals surface area contributed by atoms with Crippen molar-refractivity contribution in [3.63, 3.8) is 0 Å². The van der Waals surface area contributed by atoms with Gasteiger partial charge in [-0.3, -0.25) is 0 Å². The molecule has 3 rings (SSSR count). The molecule has 1 N–H and O–H groups in total. The molecule has 1 aliphatic carbocycles. The third-order valence-corrected chi connectivity index (χ3v) is 4.58. The molecule has 0 amide bonds. The highest BCUT2D eigenvalue weighted by Gasteiger charge is 2.24. The molecule has 1 heterocycles. The molecular weight excluding hydrogens is 320 g/mol. The molecule has 1 aliphatic rings. The van der Waals surface area contributed by atoms with Crippen molar-refractivity contribution in [3.05, 3.63) is 40.3 Å². The summed E-state index contributed by atoms with van der Waals surface area (Å²) < 4.78 is 4.91. The Kier molecular flexibility index (Phi) is 4.45. The van der Waals surface area contributed by atoms with Crippen LogP contribution in [0.1, 0.15) is 43.7 Å². The Bertz CT molecular complexity index is 800. The van der Waals surface area contributed by atoms with E-state index in [2.05, 4.69) is 38.2 Å². The normalized spacial score (nSPS) is 13.0. The van der Waals surface area contributed by atoms with E-state index in [1.54, 1.807) is 24.3 Å². The SMILES string of the molecule is CCOC(=O)/C=C/c1ccc2c(c1)Cc1sc(NC(C)(C)C)nc1-2. The number of hydrogen-bond acceptors (Lipinski definition) is 5. The van der Waals surface area contributed by atoms with Gasteiger partial charge in [-0.1, -0.05) is 18.2 Å².